The fourth-order valence-electron chi connectivity index (χ4n) is 1.63. The van der Waals surface area contributed by atoms with Gasteiger partial charge in [-0.2, -0.15) is 0 Å². The molecule has 1 aliphatic rings. The number of hydrogen-bond acceptors (Lipinski definition) is 4. The Balaban J connectivity index is 1.99. The van der Waals surface area contributed by atoms with E-state index in [1.54, 1.807) is 6.92 Å². The van der Waals surface area contributed by atoms with Crippen LogP contribution in [0.1, 0.15) is 26.2 Å². The summed E-state index contributed by atoms with van der Waals surface area (Å²) >= 11 is 0. The van der Waals surface area contributed by atoms with Gasteiger partial charge in [-0.25, -0.2) is 0 Å². The monoisotopic (exact) mass is 230 g/mol. The van der Waals surface area contributed by atoms with E-state index in [2.05, 4.69) is 10.6 Å². The molecule has 3 N–H and O–H groups in total. The van der Waals surface area contributed by atoms with Crippen LogP contribution >= 0.6 is 0 Å². The van der Waals surface area contributed by atoms with Crippen molar-refractivity contribution in [3.05, 3.63) is 0 Å². The number of ether oxygens (including phenoxy) is 1. The number of aliphatic hydroxyl groups excluding tert-OH is 1. The molecule has 5 heteroatoms. The number of rotatable bonds is 6. The van der Waals surface area contributed by atoms with Gasteiger partial charge in [-0.1, -0.05) is 0 Å². The largest absolute Gasteiger partial charge is 0.392 e. The molecule has 1 atom stereocenters. The Kier molecular flexibility index (Phi) is 6.37. The van der Waals surface area contributed by atoms with Crippen molar-refractivity contribution < 1.29 is 14.6 Å². The normalized spacial score (nSPS) is 19.4. The number of piperidine rings is 1. The third-order valence-corrected chi connectivity index (χ3v) is 2.56. The highest BCUT2D eigenvalue weighted by molar-refractivity contribution is 5.75. The summed E-state index contributed by atoms with van der Waals surface area (Å²) in [5, 5.41) is 14.9. The van der Waals surface area contributed by atoms with E-state index in [4.69, 9.17) is 9.84 Å². The van der Waals surface area contributed by atoms with E-state index in [1.165, 1.54) is 0 Å². The smallest absolute Gasteiger partial charge is 0.222 e. The van der Waals surface area contributed by atoms with Crippen LogP contribution in [0.4, 0.5) is 0 Å². The Morgan fingerprint density at radius 2 is 2.25 bits per heavy atom. The molecule has 0 spiro atoms. The van der Waals surface area contributed by atoms with E-state index in [9.17, 15) is 4.79 Å². The first kappa shape index (κ1) is 13.4. The first-order valence-corrected chi connectivity index (χ1v) is 5.95. The third-order valence-electron chi connectivity index (χ3n) is 2.56. The van der Waals surface area contributed by atoms with Crippen molar-refractivity contribution >= 4 is 5.91 Å². The molecule has 0 bridgehead atoms. The average molecular weight is 230 g/mol. The lowest BCUT2D eigenvalue weighted by molar-refractivity contribution is -0.123. The summed E-state index contributed by atoms with van der Waals surface area (Å²) in [5.74, 6) is -0.0603. The number of carbonyl (C=O) groups excluding carboxylic acids is 1. The quantitative estimate of drug-likeness (QED) is 0.583. The highest BCUT2D eigenvalue weighted by Crippen LogP contribution is 2.07. The van der Waals surface area contributed by atoms with Gasteiger partial charge in [0.15, 0.2) is 0 Å². The maximum absolute atomic E-state index is 11.3. The van der Waals surface area contributed by atoms with Gasteiger partial charge in [0.25, 0.3) is 0 Å². The topological polar surface area (TPSA) is 70.6 Å². The Hall–Kier alpha value is -0.650. The fourth-order valence-corrected chi connectivity index (χ4v) is 1.63. The molecule has 1 aliphatic heterocycles. The molecule has 1 rings (SSSR count). The van der Waals surface area contributed by atoms with Gasteiger partial charge in [-0.05, 0) is 32.9 Å². The molecule has 1 heterocycles. The van der Waals surface area contributed by atoms with Crippen LogP contribution in [0.3, 0.4) is 0 Å². The summed E-state index contributed by atoms with van der Waals surface area (Å²) < 4.78 is 5.60. The Bertz CT molecular complexity index is 203. The van der Waals surface area contributed by atoms with Crippen LogP contribution in [0, 0.1) is 0 Å². The number of carbonyl (C=O) groups is 1. The number of amides is 1. The van der Waals surface area contributed by atoms with Crippen LogP contribution in [0.5, 0.6) is 0 Å². The number of aliphatic hydroxyl groups is 1. The lowest BCUT2D eigenvalue weighted by Gasteiger charge is -2.22. The van der Waals surface area contributed by atoms with E-state index in [0.717, 1.165) is 25.9 Å². The second kappa shape index (κ2) is 7.60. The van der Waals surface area contributed by atoms with Crippen molar-refractivity contribution in [1.82, 2.24) is 10.6 Å². The van der Waals surface area contributed by atoms with E-state index >= 15 is 0 Å². The highest BCUT2D eigenvalue weighted by Gasteiger charge is 2.13. The zero-order valence-corrected chi connectivity index (χ0v) is 9.87. The minimum atomic E-state index is -0.491. The van der Waals surface area contributed by atoms with Crippen LogP contribution in [0.25, 0.3) is 0 Å². The third kappa shape index (κ3) is 6.05. The molecule has 16 heavy (non-hydrogen) atoms. The molecule has 0 unspecified atom stereocenters. The first-order valence-electron chi connectivity index (χ1n) is 5.95. The summed E-state index contributed by atoms with van der Waals surface area (Å²) in [4.78, 5) is 11.3. The lowest BCUT2D eigenvalue weighted by atomic mass is 10.1. The molecule has 0 aromatic heterocycles. The summed E-state index contributed by atoms with van der Waals surface area (Å²) in [6, 6.07) is 0. The van der Waals surface area contributed by atoms with Crippen molar-refractivity contribution in [2.75, 3.05) is 26.2 Å². The van der Waals surface area contributed by atoms with Gasteiger partial charge >= 0.3 is 0 Å². The second-order valence-electron chi connectivity index (χ2n) is 4.22. The molecule has 1 saturated heterocycles. The Morgan fingerprint density at radius 1 is 1.56 bits per heavy atom. The zero-order chi connectivity index (χ0) is 11.8. The minimum Gasteiger partial charge on any atom is -0.392 e. The highest BCUT2D eigenvalue weighted by atomic mass is 16.5. The SMILES string of the molecule is C[C@H](O)CNC(=O)CCOC1CCNCC1. The Morgan fingerprint density at radius 3 is 2.88 bits per heavy atom. The van der Waals surface area contributed by atoms with Crippen LogP contribution in [0.2, 0.25) is 0 Å². The predicted octanol–water partition coefficient (Wildman–Crippen LogP) is -0.358. The minimum absolute atomic E-state index is 0.0603. The van der Waals surface area contributed by atoms with Crippen molar-refractivity contribution in [3.8, 4) is 0 Å². The van der Waals surface area contributed by atoms with E-state index in [0.29, 0.717) is 25.7 Å². The van der Waals surface area contributed by atoms with Crippen LogP contribution in [0.15, 0.2) is 0 Å². The van der Waals surface area contributed by atoms with Gasteiger partial charge in [-0.3, -0.25) is 4.79 Å². The van der Waals surface area contributed by atoms with Gasteiger partial charge in [0.2, 0.25) is 5.91 Å². The first-order chi connectivity index (χ1) is 7.68. The zero-order valence-electron chi connectivity index (χ0n) is 9.87. The van der Waals surface area contributed by atoms with Crippen molar-refractivity contribution in [3.63, 3.8) is 0 Å². The molecule has 0 aromatic carbocycles. The molecule has 1 amide bonds. The summed E-state index contributed by atoms with van der Waals surface area (Å²) in [6.07, 6.45) is 2.22. The van der Waals surface area contributed by atoms with Crippen LogP contribution in [-0.4, -0.2) is 49.5 Å². The molecule has 94 valence electrons. The summed E-state index contributed by atoms with van der Waals surface area (Å²) in [7, 11) is 0. The maximum Gasteiger partial charge on any atom is 0.222 e. The second-order valence-corrected chi connectivity index (χ2v) is 4.22. The predicted molar refractivity (Wildman–Crippen MR) is 61.2 cm³/mol. The molecule has 1 fully saturated rings. The molecule has 0 radical (unpaired) electrons. The number of hydrogen-bond donors (Lipinski definition) is 3. The number of nitrogens with one attached hydrogen (secondary N) is 2. The molecule has 0 saturated carbocycles. The standard InChI is InChI=1S/C11H22N2O3/c1-9(14)8-13-11(15)4-7-16-10-2-5-12-6-3-10/h9-10,12,14H,2-8H2,1H3,(H,13,15)/t9-/m0/s1. The van der Waals surface area contributed by atoms with Crippen molar-refractivity contribution in [2.45, 2.75) is 38.4 Å². The van der Waals surface area contributed by atoms with Gasteiger partial charge in [0, 0.05) is 13.0 Å². The molecule has 5 nitrogen and oxygen atoms in total. The molecular weight excluding hydrogens is 208 g/mol. The van der Waals surface area contributed by atoms with Gasteiger partial charge in [-0.15, -0.1) is 0 Å². The average Bonchev–Trinajstić information content (AvgIpc) is 2.28. The lowest BCUT2D eigenvalue weighted by Crippen LogP contribution is -2.34. The maximum atomic E-state index is 11.3. The Labute approximate surface area is 96.6 Å². The summed E-state index contributed by atoms with van der Waals surface area (Å²) in [5.41, 5.74) is 0. The van der Waals surface area contributed by atoms with Gasteiger partial charge < -0.3 is 20.5 Å². The van der Waals surface area contributed by atoms with Crippen LogP contribution in [-0.2, 0) is 9.53 Å². The molecule has 0 aliphatic carbocycles. The fraction of sp³-hybridized carbons (Fsp3) is 0.909. The van der Waals surface area contributed by atoms with Crippen LogP contribution < -0.4 is 10.6 Å². The van der Waals surface area contributed by atoms with E-state index in [1.807, 2.05) is 0 Å². The molecular formula is C11H22N2O3. The van der Waals surface area contributed by atoms with Crippen molar-refractivity contribution in [2.24, 2.45) is 0 Å². The van der Waals surface area contributed by atoms with E-state index < -0.39 is 6.10 Å². The summed E-state index contributed by atoms with van der Waals surface area (Å²) in [6.45, 7) is 4.42. The van der Waals surface area contributed by atoms with E-state index in [-0.39, 0.29) is 5.91 Å². The van der Waals surface area contributed by atoms with Crippen molar-refractivity contribution in [1.29, 1.82) is 0 Å². The van der Waals surface area contributed by atoms with Gasteiger partial charge in [0.1, 0.15) is 0 Å². The molecule has 0 aromatic rings. The van der Waals surface area contributed by atoms with Gasteiger partial charge in [0.05, 0.1) is 18.8 Å².